The number of sulfonamides is 1. The van der Waals surface area contributed by atoms with Crippen molar-refractivity contribution in [2.45, 2.75) is 62.2 Å². The highest BCUT2D eigenvalue weighted by Gasteiger charge is 2.31. The van der Waals surface area contributed by atoms with Crippen molar-refractivity contribution < 1.29 is 22.7 Å². The molecule has 1 aliphatic rings. The van der Waals surface area contributed by atoms with Crippen LogP contribution in [0.4, 0.5) is 0 Å². The number of hydrogen-bond acceptors (Lipinski definition) is 5. The number of aryl methyl sites for hydroxylation is 1. The normalized spacial score (nSPS) is 13.5. The molecule has 0 radical (unpaired) electrons. The molecule has 47 heavy (non-hydrogen) atoms. The van der Waals surface area contributed by atoms with E-state index < -0.39 is 16.1 Å². The number of nitrogens with zero attached hydrogens (tertiary/aromatic N) is 1. The summed E-state index contributed by atoms with van der Waals surface area (Å²) in [7, 11) is -1.99. The Morgan fingerprint density at radius 1 is 0.894 bits per heavy atom. The lowest BCUT2D eigenvalue weighted by Crippen LogP contribution is -2.50. The average Bonchev–Trinajstić information content (AvgIpc) is 3.89. The average molecular weight is 695 g/mol. The fourth-order valence-corrected chi connectivity index (χ4v) is 6.95. The van der Waals surface area contributed by atoms with Crippen LogP contribution in [0.2, 0.25) is 10.0 Å². The van der Waals surface area contributed by atoms with Crippen LogP contribution in [0.5, 0.6) is 5.75 Å². The Morgan fingerprint density at radius 2 is 1.57 bits per heavy atom. The summed E-state index contributed by atoms with van der Waals surface area (Å²) >= 11 is 12.4. The largest absolute Gasteiger partial charge is 0.497 e. The second-order valence-electron chi connectivity index (χ2n) is 11.6. The zero-order chi connectivity index (χ0) is 33.4. The Hall–Kier alpha value is -3.89. The number of amides is 2. The van der Waals surface area contributed by atoms with Crippen molar-refractivity contribution >= 4 is 45.0 Å². The standard InChI is InChI=1S/C36H37Cl2N3O5S/c1-46-31-16-7-27(8-17-31)24-41(35(42)20-11-25-9-18-32(19-10-25)47(44,45)40-30-14-15-30)34(21-26-5-3-2-4-6-26)36(43)39-23-28-12-13-29(37)22-33(28)38/h2-10,12-13,16-19,22,30,34,40H,11,14-15,20-21,23-24H2,1H3,(H,39,43)/t34-/m0/s1. The van der Waals surface area contributed by atoms with Crippen molar-refractivity contribution in [3.8, 4) is 5.75 Å². The van der Waals surface area contributed by atoms with Gasteiger partial charge in [-0.1, -0.05) is 83.9 Å². The molecular weight excluding hydrogens is 657 g/mol. The van der Waals surface area contributed by atoms with Gasteiger partial charge < -0.3 is 15.0 Å². The summed E-state index contributed by atoms with van der Waals surface area (Å²) in [5.41, 5.74) is 3.26. The zero-order valence-electron chi connectivity index (χ0n) is 26.0. The third kappa shape index (κ3) is 9.81. The van der Waals surface area contributed by atoms with Gasteiger partial charge in [0.25, 0.3) is 0 Å². The van der Waals surface area contributed by atoms with Crippen molar-refractivity contribution in [1.29, 1.82) is 0 Å². The van der Waals surface area contributed by atoms with E-state index in [0.717, 1.165) is 29.5 Å². The number of nitrogens with one attached hydrogen (secondary N) is 2. The van der Waals surface area contributed by atoms with Crippen molar-refractivity contribution in [1.82, 2.24) is 14.9 Å². The van der Waals surface area contributed by atoms with Crippen LogP contribution in [0, 0.1) is 0 Å². The van der Waals surface area contributed by atoms with Gasteiger partial charge in [-0.05, 0) is 77.9 Å². The molecule has 0 unspecified atom stereocenters. The highest BCUT2D eigenvalue weighted by Crippen LogP contribution is 2.24. The van der Waals surface area contributed by atoms with Crippen LogP contribution in [0.25, 0.3) is 0 Å². The summed E-state index contributed by atoms with van der Waals surface area (Å²) in [5, 5.41) is 3.92. The number of rotatable bonds is 15. The Labute approximate surface area is 286 Å². The van der Waals surface area contributed by atoms with Crippen LogP contribution >= 0.6 is 23.2 Å². The Bertz CT molecular complexity index is 1780. The molecule has 4 aromatic rings. The number of halogens is 2. The van der Waals surface area contributed by atoms with E-state index in [1.807, 2.05) is 54.6 Å². The molecule has 0 bridgehead atoms. The summed E-state index contributed by atoms with van der Waals surface area (Å²) in [6, 6.07) is 27.8. The van der Waals surface area contributed by atoms with Crippen LogP contribution in [-0.4, -0.2) is 44.3 Å². The van der Waals surface area contributed by atoms with Crippen molar-refractivity contribution in [3.63, 3.8) is 0 Å². The van der Waals surface area contributed by atoms with E-state index in [2.05, 4.69) is 10.0 Å². The first-order chi connectivity index (χ1) is 22.6. The second-order valence-corrected chi connectivity index (χ2v) is 14.1. The lowest BCUT2D eigenvalue weighted by molar-refractivity contribution is -0.141. The first-order valence-electron chi connectivity index (χ1n) is 15.4. The molecule has 0 heterocycles. The lowest BCUT2D eigenvalue weighted by atomic mass is 10.0. The molecule has 8 nitrogen and oxygen atoms in total. The monoisotopic (exact) mass is 693 g/mol. The summed E-state index contributed by atoms with van der Waals surface area (Å²) in [5.74, 6) is 0.149. The molecule has 246 valence electrons. The van der Waals surface area contributed by atoms with Crippen LogP contribution in [-0.2, 0) is 45.5 Å². The fourth-order valence-electron chi connectivity index (χ4n) is 5.17. The van der Waals surface area contributed by atoms with Gasteiger partial charge in [0.15, 0.2) is 0 Å². The van der Waals surface area contributed by atoms with Gasteiger partial charge in [-0.15, -0.1) is 0 Å². The van der Waals surface area contributed by atoms with Crippen molar-refractivity contribution in [2.24, 2.45) is 0 Å². The third-order valence-electron chi connectivity index (χ3n) is 8.01. The van der Waals surface area contributed by atoms with Crippen LogP contribution in [0.1, 0.15) is 41.5 Å². The van der Waals surface area contributed by atoms with Gasteiger partial charge in [0.05, 0.1) is 12.0 Å². The molecular formula is C36H37Cl2N3O5S. The number of benzene rings is 4. The van der Waals surface area contributed by atoms with Crippen molar-refractivity contribution in [2.75, 3.05) is 7.11 Å². The molecule has 0 aliphatic heterocycles. The highest BCUT2D eigenvalue weighted by atomic mass is 35.5. The number of carbonyl (C=O) groups is 2. The topological polar surface area (TPSA) is 105 Å². The molecule has 5 rings (SSSR count). The molecule has 0 spiro atoms. The van der Waals surface area contributed by atoms with Crippen LogP contribution in [0.3, 0.4) is 0 Å². The molecule has 0 aromatic heterocycles. The van der Waals surface area contributed by atoms with Crippen molar-refractivity contribution in [3.05, 3.63) is 129 Å². The number of ether oxygens (including phenoxy) is 1. The van der Waals surface area contributed by atoms with E-state index in [-0.39, 0.29) is 42.3 Å². The van der Waals surface area contributed by atoms with Crippen LogP contribution in [0.15, 0.2) is 102 Å². The second kappa shape index (κ2) is 15.8. The summed E-state index contributed by atoms with van der Waals surface area (Å²) in [4.78, 5) is 29.9. The minimum absolute atomic E-state index is 0.0122. The minimum Gasteiger partial charge on any atom is -0.497 e. The molecule has 1 aliphatic carbocycles. The maximum Gasteiger partial charge on any atom is 0.243 e. The van der Waals surface area contributed by atoms with Gasteiger partial charge in [-0.2, -0.15) is 0 Å². The summed E-state index contributed by atoms with van der Waals surface area (Å²) < 4.78 is 33.2. The Kier molecular flexibility index (Phi) is 11.6. The predicted octanol–water partition coefficient (Wildman–Crippen LogP) is 6.33. The Balaban J connectivity index is 1.38. The molecule has 11 heteroatoms. The Morgan fingerprint density at radius 3 is 2.21 bits per heavy atom. The third-order valence-corrected chi connectivity index (χ3v) is 10.1. The highest BCUT2D eigenvalue weighted by molar-refractivity contribution is 7.89. The summed E-state index contributed by atoms with van der Waals surface area (Å²) in [6.45, 7) is 0.356. The van der Waals surface area contributed by atoms with Gasteiger partial charge in [0.1, 0.15) is 11.8 Å². The fraction of sp³-hybridized carbons (Fsp3) is 0.278. The van der Waals surface area contributed by atoms with E-state index >= 15 is 0 Å². The summed E-state index contributed by atoms with van der Waals surface area (Å²) in [6.07, 6.45) is 2.48. The first-order valence-corrected chi connectivity index (χ1v) is 17.6. The molecule has 1 fully saturated rings. The van der Waals surface area contributed by atoms with E-state index in [1.54, 1.807) is 54.5 Å². The minimum atomic E-state index is -3.57. The first kappa shape index (κ1) is 34.4. The van der Waals surface area contributed by atoms with E-state index in [9.17, 15) is 18.0 Å². The number of carbonyl (C=O) groups excluding carboxylic acids is 2. The molecule has 2 N–H and O–H groups in total. The molecule has 4 aromatic carbocycles. The van der Waals surface area contributed by atoms with Gasteiger partial charge >= 0.3 is 0 Å². The smallest absolute Gasteiger partial charge is 0.243 e. The molecule has 2 amide bonds. The quantitative estimate of drug-likeness (QED) is 0.151. The van der Waals surface area contributed by atoms with E-state index in [0.29, 0.717) is 34.2 Å². The van der Waals surface area contributed by atoms with Gasteiger partial charge in [0.2, 0.25) is 21.8 Å². The molecule has 1 atom stereocenters. The van der Waals surface area contributed by atoms with Gasteiger partial charge in [0, 0.05) is 42.0 Å². The van der Waals surface area contributed by atoms with Crippen LogP contribution < -0.4 is 14.8 Å². The molecule has 1 saturated carbocycles. The number of hydrogen-bond donors (Lipinski definition) is 2. The zero-order valence-corrected chi connectivity index (χ0v) is 28.3. The number of methoxy groups -OCH3 is 1. The molecule has 0 saturated heterocycles. The lowest BCUT2D eigenvalue weighted by Gasteiger charge is -2.32. The maximum atomic E-state index is 14.1. The van der Waals surface area contributed by atoms with Gasteiger partial charge in [-0.3, -0.25) is 9.59 Å². The predicted molar refractivity (Wildman–Crippen MR) is 184 cm³/mol. The SMILES string of the molecule is COc1ccc(CN(C(=O)CCc2ccc(S(=O)(=O)NC3CC3)cc2)[C@@H](Cc2ccccc2)C(=O)NCc2ccc(Cl)cc2Cl)cc1. The van der Waals surface area contributed by atoms with Gasteiger partial charge in [-0.25, -0.2) is 13.1 Å². The maximum absolute atomic E-state index is 14.1. The van der Waals surface area contributed by atoms with E-state index in [4.69, 9.17) is 27.9 Å². The van der Waals surface area contributed by atoms with E-state index in [1.165, 1.54) is 0 Å².